The van der Waals surface area contributed by atoms with Crippen LogP contribution in [0.2, 0.25) is 0 Å². The molecule has 0 aliphatic carbocycles. The number of rotatable bonds is 7. The molecule has 2 nitrogen and oxygen atoms in total. The van der Waals surface area contributed by atoms with E-state index in [1.807, 2.05) is 33.0 Å². The molecular formula is C13H25NO. The molecule has 0 saturated heterocycles. The van der Waals surface area contributed by atoms with Crippen molar-refractivity contribution in [1.29, 1.82) is 0 Å². The number of hydrogen-bond acceptors (Lipinski definition) is 2. The summed E-state index contributed by atoms with van der Waals surface area (Å²) >= 11 is 0. The zero-order valence-corrected chi connectivity index (χ0v) is 10.4. The van der Waals surface area contributed by atoms with Gasteiger partial charge in [-0.3, -0.25) is 0 Å². The van der Waals surface area contributed by atoms with Crippen LogP contribution in [0.5, 0.6) is 0 Å². The third kappa shape index (κ3) is 11.1. The van der Waals surface area contributed by atoms with Crippen LogP contribution in [0.3, 0.4) is 0 Å². The Kier molecular flexibility index (Phi) is 14.5. The van der Waals surface area contributed by atoms with Crippen LogP contribution in [0, 0.1) is 0 Å². The van der Waals surface area contributed by atoms with Crippen LogP contribution in [0.4, 0.5) is 0 Å². The Morgan fingerprint density at radius 2 is 1.93 bits per heavy atom. The molecule has 88 valence electrons. The predicted molar refractivity (Wildman–Crippen MR) is 69.0 cm³/mol. The minimum Gasteiger partial charge on any atom is -0.396 e. The number of likely N-dealkylation sites (N-methyl/N-ethyl adjacent to an activating group) is 1. The van der Waals surface area contributed by atoms with E-state index in [-0.39, 0.29) is 6.61 Å². The average molecular weight is 211 g/mol. The molecule has 15 heavy (non-hydrogen) atoms. The fourth-order valence-electron chi connectivity index (χ4n) is 1.07. The highest BCUT2D eigenvalue weighted by atomic mass is 16.3. The van der Waals surface area contributed by atoms with Crippen molar-refractivity contribution in [2.75, 3.05) is 26.7 Å². The smallest absolute Gasteiger partial charge is 0.0443 e. The van der Waals surface area contributed by atoms with Gasteiger partial charge in [0.1, 0.15) is 0 Å². The lowest BCUT2D eigenvalue weighted by Gasteiger charge is -2.16. The Labute approximate surface area is 94.6 Å². The van der Waals surface area contributed by atoms with Crippen LogP contribution < -0.4 is 0 Å². The first-order chi connectivity index (χ1) is 7.24. The van der Waals surface area contributed by atoms with Crippen molar-refractivity contribution < 1.29 is 5.11 Å². The maximum absolute atomic E-state index is 8.63. The minimum atomic E-state index is 0.249. The van der Waals surface area contributed by atoms with Crippen LogP contribution in [0.25, 0.3) is 0 Å². The summed E-state index contributed by atoms with van der Waals surface area (Å²) in [5, 5.41) is 8.63. The number of allylic oxidation sites excluding steroid dienone is 2. The molecule has 0 aromatic heterocycles. The third-order valence-electron chi connectivity index (χ3n) is 1.74. The van der Waals surface area contributed by atoms with E-state index in [9.17, 15) is 0 Å². The van der Waals surface area contributed by atoms with E-state index < -0.39 is 0 Å². The fourth-order valence-corrected chi connectivity index (χ4v) is 1.07. The molecule has 0 fully saturated rings. The van der Waals surface area contributed by atoms with E-state index in [4.69, 9.17) is 5.11 Å². The Balaban J connectivity index is 0. The summed E-state index contributed by atoms with van der Waals surface area (Å²) in [5.74, 6) is 0. The van der Waals surface area contributed by atoms with E-state index in [1.54, 1.807) is 6.08 Å². The summed E-state index contributed by atoms with van der Waals surface area (Å²) in [4.78, 5) is 2.15. The van der Waals surface area contributed by atoms with Gasteiger partial charge in [0.15, 0.2) is 0 Å². The number of hydrogen-bond donors (Lipinski definition) is 1. The fraction of sp³-hybridized carbons (Fsp3) is 0.538. The first-order valence-corrected chi connectivity index (χ1v) is 5.48. The van der Waals surface area contributed by atoms with Gasteiger partial charge in [-0.25, -0.2) is 0 Å². The van der Waals surface area contributed by atoms with Crippen molar-refractivity contribution in [3.8, 4) is 0 Å². The van der Waals surface area contributed by atoms with Gasteiger partial charge in [-0.05, 0) is 19.0 Å². The van der Waals surface area contributed by atoms with Crippen molar-refractivity contribution in [3.63, 3.8) is 0 Å². The largest absolute Gasteiger partial charge is 0.396 e. The van der Waals surface area contributed by atoms with Crippen LogP contribution in [0.15, 0.2) is 37.0 Å². The van der Waals surface area contributed by atoms with Gasteiger partial charge in [-0.2, -0.15) is 0 Å². The van der Waals surface area contributed by atoms with Crippen LogP contribution in [-0.4, -0.2) is 36.8 Å². The second-order valence-electron chi connectivity index (χ2n) is 3.00. The molecule has 2 heteroatoms. The molecule has 0 heterocycles. The molecule has 0 aliphatic rings. The lowest BCUT2D eigenvalue weighted by molar-refractivity contribution is 0.255. The molecule has 0 aromatic rings. The Hall–Kier alpha value is -0.860. The molecule has 1 N–H and O–H groups in total. The second kappa shape index (κ2) is 13.1. The first kappa shape index (κ1) is 16.6. The summed E-state index contributed by atoms with van der Waals surface area (Å²) in [6, 6.07) is 0. The topological polar surface area (TPSA) is 23.5 Å². The van der Waals surface area contributed by atoms with Crippen molar-refractivity contribution >= 4 is 0 Å². The summed E-state index contributed by atoms with van der Waals surface area (Å²) < 4.78 is 0. The van der Waals surface area contributed by atoms with Crippen molar-refractivity contribution in [3.05, 3.63) is 37.0 Å². The van der Waals surface area contributed by atoms with E-state index in [2.05, 4.69) is 18.1 Å². The Morgan fingerprint density at radius 3 is 2.33 bits per heavy atom. The van der Waals surface area contributed by atoms with Gasteiger partial charge in [0.05, 0.1) is 0 Å². The molecule has 0 aliphatic heterocycles. The SMILES string of the molecule is C=C/C=C(\C=C)CN(C)CCCO.CC. The van der Waals surface area contributed by atoms with Gasteiger partial charge in [-0.1, -0.05) is 45.2 Å². The van der Waals surface area contributed by atoms with Gasteiger partial charge >= 0.3 is 0 Å². The van der Waals surface area contributed by atoms with Crippen LogP contribution in [-0.2, 0) is 0 Å². The summed E-state index contributed by atoms with van der Waals surface area (Å²) in [5.41, 5.74) is 1.15. The lowest BCUT2D eigenvalue weighted by Crippen LogP contribution is -2.22. The molecule has 0 rings (SSSR count). The highest BCUT2D eigenvalue weighted by Crippen LogP contribution is 1.99. The molecule has 0 bridgehead atoms. The monoisotopic (exact) mass is 211 g/mol. The number of aliphatic hydroxyl groups is 1. The van der Waals surface area contributed by atoms with Crippen molar-refractivity contribution in [2.45, 2.75) is 20.3 Å². The number of nitrogens with zero attached hydrogens (tertiary/aromatic N) is 1. The molecule has 0 atom stereocenters. The van der Waals surface area contributed by atoms with E-state index >= 15 is 0 Å². The summed E-state index contributed by atoms with van der Waals surface area (Å²) in [6.07, 6.45) is 6.35. The van der Waals surface area contributed by atoms with Crippen LogP contribution >= 0.6 is 0 Å². The Morgan fingerprint density at radius 1 is 1.33 bits per heavy atom. The lowest BCUT2D eigenvalue weighted by atomic mass is 10.2. The van der Waals surface area contributed by atoms with E-state index in [0.29, 0.717) is 0 Å². The predicted octanol–water partition coefficient (Wildman–Crippen LogP) is 2.63. The molecule has 0 aromatic carbocycles. The standard InChI is InChI=1S/C11H19NO.C2H6/c1-4-7-11(5-2)10-12(3)8-6-9-13;1-2/h4-5,7,13H,1-2,6,8-10H2,3H3;1-2H3/b11-7+;. The Bertz CT molecular complexity index is 185. The van der Waals surface area contributed by atoms with Gasteiger partial charge in [0.25, 0.3) is 0 Å². The highest BCUT2D eigenvalue weighted by molar-refractivity contribution is 5.22. The van der Waals surface area contributed by atoms with Crippen molar-refractivity contribution in [1.82, 2.24) is 4.90 Å². The summed E-state index contributed by atoms with van der Waals surface area (Å²) in [7, 11) is 2.02. The van der Waals surface area contributed by atoms with Gasteiger partial charge < -0.3 is 10.0 Å². The molecule has 0 radical (unpaired) electrons. The minimum absolute atomic E-state index is 0.249. The first-order valence-electron chi connectivity index (χ1n) is 5.48. The van der Waals surface area contributed by atoms with Gasteiger partial charge in [0.2, 0.25) is 0 Å². The maximum Gasteiger partial charge on any atom is 0.0443 e. The van der Waals surface area contributed by atoms with Crippen LogP contribution in [0.1, 0.15) is 20.3 Å². The van der Waals surface area contributed by atoms with E-state index in [0.717, 1.165) is 25.1 Å². The highest BCUT2D eigenvalue weighted by Gasteiger charge is 1.98. The van der Waals surface area contributed by atoms with Gasteiger partial charge in [-0.15, -0.1) is 0 Å². The molecular weight excluding hydrogens is 186 g/mol. The second-order valence-corrected chi connectivity index (χ2v) is 3.00. The maximum atomic E-state index is 8.63. The summed E-state index contributed by atoms with van der Waals surface area (Å²) in [6.45, 7) is 13.4. The molecule has 0 saturated carbocycles. The molecule has 0 unspecified atom stereocenters. The zero-order chi connectivity index (χ0) is 12.1. The van der Waals surface area contributed by atoms with Gasteiger partial charge in [0, 0.05) is 19.7 Å². The van der Waals surface area contributed by atoms with E-state index in [1.165, 1.54) is 0 Å². The molecule has 0 amide bonds. The third-order valence-corrected chi connectivity index (χ3v) is 1.74. The quantitative estimate of drug-likeness (QED) is 0.654. The average Bonchev–Trinajstić information content (AvgIpc) is 2.28. The molecule has 0 spiro atoms. The zero-order valence-electron chi connectivity index (χ0n) is 10.4. The normalized spacial score (nSPS) is 10.6. The van der Waals surface area contributed by atoms with Crippen molar-refractivity contribution in [2.24, 2.45) is 0 Å². The number of aliphatic hydroxyl groups excluding tert-OH is 1.